The Kier molecular flexibility index (Phi) is 5.40. The van der Waals surface area contributed by atoms with Gasteiger partial charge < -0.3 is 15.2 Å². The number of nitrogens with one attached hydrogen (secondary N) is 1. The second-order valence-corrected chi connectivity index (χ2v) is 4.77. The van der Waals surface area contributed by atoms with Gasteiger partial charge in [-0.25, -0.2) is 4.39 Å². The molecule has 0 fully saturated rings. The van der Waals surface area contributed by atoms with Gasteiger partial charge in [0.1, 0.15) is 11.6 Å². The minimum atomic E-state index is -4.92. The maximum atomic E-state index is 13.6. The van der Waals surface area contributed by atoms with E-state index in [1.165, 1.54) is 36.4 Å². The molecular weight excluding hydrogens is 330 g/mol. The van der Waals surface area contributed by atoms with Crippen molar-refractivity contribution in [3.63, 3.8) is 0 Å². The summed E-state index contributed by atoms with van der Waals surface area (Å²) in [7, 11) is 0. The van der Waals surface area contributed by atoms with Crippen molar-refractivity contribution in [2.45, 2.75) is 12.4 Å². The number of benzene rings is 2. The fraction of sp³-hybridized carbons (Fsp3) is 0.188. The highest BCUT2D eigenvalue weighted by atomic mass is 19.4. The molecule has 1 atom stereocenters. The number of rotatable bonds is 5. The number of carbonyl (C=O) groups excluding carboxylic acids is 1. The topological polar surface area (TPSA) is 58.6 Å². The highest BCUT2D eigenvalue weighted by Gasteiger charge is 2.33. The number of alkyl halides is 3. The molecule has 2 N–H and O–H groups in total. The summed E-state index contributed by atoms with van der Waals surface area (Å²) in [5, 5.41) is 11.7. The molecule has 0 saturated carbocycles. The molecule has 0 radical (unpaired) electrons. The normalized spacial score (nSPS) is 12.5. The van der Waals surface area contributed by atoms with Crippen LogP contribution in [0.1, 0.15) is 22.0 Å². The fourth-order valence-electron chi connectivity index (χ4n) is 2.09. The number of hydrogen-bond donors (Lipinski definition) is 2. The third-order valence-corrected chi connectivity index (χ3v) is 3.13. The predicted octanol–water partition coefficient (Wildman–Crippen LogP) is 3.19. The molecule has 0 aliphatic carbocycles. The molecule has 0 aliphatic heterocycles. The van der Waals surface area contributed by atoms with E-state index in [4.69, 9.17) is 0 Å². The SMILES string of the molecule is O=C(NC(CO)c1ccccc1OC(F)(F)F)c1ccccc1F. The van der Waals surface area contributed by atoms with Crippen LogP contribution in [0.25, 0.3) is 0 Å². The molecule has 0 heterocycles. The van der Waals surface area contributed by atoms with Crippen molar-refractivity contribution in [1.82, 2.24) is 5.32 Å². The summed E-state index contributed by atoms with van der Waals surface area (Å²) < 4.78 is 54.8. The van der Waals surface area contributed by atoms with Crippen LogP contribution in [-0.2, 0) is 0 Å². The van der Waals surface area contributed by atoms with E-state index in [1.54, 1.807) is 0 Å². The van der Waals surface area contributed by atoms with E-state index in [1.807, 2.05) is 0 Å². The Bertz CT molecular complexity index is 718. The fourth-order valence-corrected chi connectivity index (χ4v) is 2.09. The van der Waals surface area contributed by atoms with Gasteiger partial charge in [0.15, 0.2) is 0 Å². The third kappa shape index (κ3) is 4.45. The Hall–Kier alpha value is -2.61. The Morgan fingerprint density at radius 1 is 1.12 bits per heavy atom. The van der Waals surface area contributed by atoms with Gasteiger partial charge in [0.2, 0.25) is 0 Å². The molecule has 0 aromatic heterocycles. The Morgan fingerprint density at radius 3 is 2.38 bits per heavy atom. The minimum absolute atomic E-state index is 0.0815. The monoisotopic (exact) mass is 343 g/mol. The van der Waals surface area contributed by atoms with Crippen LogP contribution in [0.3, 0.4) is 0 Å². The van der Waals surface area contributed by atoms with Crippen LogP contribution in [0.15, 0.2) is 48.5 Å². The first-order valence-corrected chi connectivity index (χ1v) is 6.82. The van der Waals surface area contributed by atoms with Crippen molar-refractivity contribution in [3.05, 3.63) is 65.5 Å². The maximum Gasteiger partial charge on any atom is 0.573 e. The van der Waals surface area contributed by atoms with Crippen molar-refractivity contribution in [2.75, 3.05) is 6.61 Å². The molecule has 1 amide bonds. The largest absolute Gasteiger partial charge is 0.573 e. The lowest BCUT2D eigenvalue weighted by molar-refractivity contribution is -0.275. The van der Waals surface area contributed by atoms with E-state index in [9.17, 15) is 27.5 Å². The van der Waals surface area contributed by atoms with E-state index < -0.39 is 36.5 Å². The van der Waals surface area contributed by atoms with E-state index in [2.05, 4.69) is 10.1 Å². The summed E-state index contributed by atoms with van der Waals surface area (Å²) in [5.41, 5.74) is -0.368. The summed E-state index contributed by atoms with van der Waals surface area (Å²) in [6, 6.07) is 8.99. The van der Waals surface area contributed by atoms with Crippen molar-refractivity contribution in [2.24, 2.45) is 0 Å². The second-order valence-electron chi connectivity index (χ2n) is 4.77. The standard InChI is InChI=1S/C16H13F4NO3/c17-12-7-3-1-5-10(12)15(23)21-13(9-22)11-6-2-4-8-14(11)24-16(18,19)20/h1-8,13,22H,9H2,(H,21,23). The smallest absolute Gasteiger partial charge is 0.405 e. The van der Waals surface area contributed by atoms with Crippen molar-refractivity contribution in [3.8, 4) is 5.75 Å². The Morgan fingerprint density at radius 2 is 1.75 bits per heavy atom. The van der Waals surface area contributed by atoms with Gasteiger partial charge in [-0.2, -0.15) is 0 Å². The molecule has 2 aromatic carbocycles. The minimum Gasteiger partial charge on any atom is -0.405 e. The lowest BCUT2D eigenvalue weighted by atomic mass is 10.1. The van der Waals surface area contributed by atoms with Crippen molar-refractivity contribution >= 4 is 5.91 Å². The number of hydrogen-bond acceptors (Lipinski definition) is 3. The first-order valence-electron chi connectivity index (χ1n) is 6.82. The molecule has 24 heavy (non-hydrogen) atoms. The summed E-state index contributed by atoms with van der Waals surface area (Å²) in [6.07, 6.45) is -4.92. The summed E-state index contributed by atoms with van der Waals surface area (Å²) in [6.45, 7) is -0.696. The summed E-state index contributed by atoms with van der Waals surface area (Å²) in [5.74, 6) is -2.21. The summed E-state index contributed by atoms with van der Waals surface area (Å²) in [4.78, 5) is 12.1. The highest BCUT2D eigenvalue weighted by Crippen LogP contribution is 2.30. The van der Waals surface area contributed by atoms with Crippen molar-refractivity contribution < 1.29 is 32.2 Å². The molecule has 4 nitrogen and oxygen atoms in total. The van der Waals surface area contributed by atoms with Gasteiger partial charge in [-0.15, -0.1) is 13.2 Å². The Labute approximate surface area is 134 Å². The molecule has 128 valence electrons. The zero-order valence-corrected chi connectivity index (χ0v) is 12.2. The molecule has 8 heteroatoms. The zero-order chi connectivity index (χ0) is 17.7. The summed E-state index contributed by atoms with van der Waals surface area (Å²) >= 11 is 0. The number of halogens is 4. The Balaban J connectivity index is 2.26. The molecule has 2 rings (SSSR count). The predicted molar refractivity (Wildman–Crippen MR) is 76.8 cm³/mol. The van der Waals surface area contributed by atoms with Crippen LogP contribution >= 0.6 is 0 Å². The number of ether oxygens (including phenoxy) is 1. The molecular formula is C16H13F4NO3. The quantitative estimate of drug-likeness (QED) is 0.820. The van der Waals surface area contributed by atoms with Crippen molar-refractivity contribution in [1.29, 1.82) is 0 Å². The molecule has 0 aliphatic rings. The van der Waals surface area contributed by atoms with Gasteiger partial charge >= 0.3 is 6.36 Å². The lowest BCUT2D eigenvalue weighted by Gasteiger charge is -2.20. The van der Waals surface area contributed by atoms with E-state index in [0.29, 0.717) is 0 Å². The highest BCUT2D eigenvalue weighted by molar-refractivity contribution is 5.94. The molecule has 0 saturated heterocycles. The van der Waals surface area contributed by atoms with Gasteiger partial charge in [-0.1, -0.05) is 30.3 Å². The van der Waals surface area contributed by atoms with E-state index in [0.717, 1.165) is 12.1 Å². The zero-order valence-electron chi connectivity index (χ0n) is 12.2. The number of aliphatic hydroxyl groups excluding tert-OH is 1. The van der Waals surface area contributed by atoms with Crippen LogP contribution in [-0.4, -0.2) is 24.0 Å². The molecule has 1 unspecified atom stereocenters. The van der Waals surface area contributed by atoms with Gasteiger partial charge in [0.05, 0.1) is 18.2 Å². The molecule has 0 spiro atoms. The first-order chi connectivity index (χ1) is 11.3. The van der Waals surface area contributed by atoms with Gasteiger partial charge in [0.25, 0.3) is 5.91 Å². The van der Waals surface area contributed by atoms with Crippen LogP contribution < -0.4 is 10.1 Å². The number of carbonyl (C=O) groups is 1. The third-order valence-electron chi connectivity index (χ3n) is 3.13. The number of aliphatic hydroxyl groups is 1. The van der Waals surface area contributed by atoms with Gasteiger partial charge in [-0.05, 0) is 18.2 Å². The first kappa shape index (κ1) is 17.7. The molecule has 0 bridgehead atoms. The lowest BCUT2D eigenvalue weighted by Crippen LogP contribution is -2.32. The van der Waals surface area contributed by atoms with Crippen LogP contribution in [0.4, 0.5) is 17.6 Å². The number of amides is 1. The van der Waals surface area contributed by atoms with Gasteiger partial charge in [-0.3, -0.25) is 4.79 Å². The van der Waals surface area contributed by atoms with Crippen LogP contribution in [0.2, 0.25) is 0 Å². The number of para-hydroxylation sites is 1. The average Bonchev–Trinajstić information content (AvgIpc) is 2.52. The average molecular weight is 343 g/mol. The van der Waals surface area contributed by atoms with E-state index >= 15 is 0 Å². The second kappa shape index (κ2) is 7.31. The van der Waals surface area contributed by atoms with Crippen LogP contribution in [0, 0.1) is 5.82 Å². The van der Waals surface area contributed by atoms with E-state index in [-0.39, 0.29) is 11.1 Å². The molecule has 2 aromatic rings. The van der Waals surface area contributed by atoms with Crippen LogP contribution in [0.5, 0.6) is 5.75 Å². The van der Waals surface area contributed by atoms with Gasteiger partial charge in [0, 0.05) is 5.56 Å². The maximum absolute atomic E-state index is 13.6.